The molecule has 0 aromatic heterocycles. The van der Waals surface area contributed by atoms with Crippen LogP contribution in [0.25, 0.3) is 0 Å². The van der Waals surface area contributed by atoms with Crippen molar-refractivity contribution in [2.45, 2.75) is 24.8 Å². The predicted octanol–water partition coefficient (Wildman–Crippen LogP) is 4.11. The first-order chi connectivity index (χ1) is 14.4. The second kappa shape index (κ2) is 9.56. The maximum atomic E-state index is 13.2. The average Bonchev–Trinajstić information content (AvgIpc) is 2.74. The molecule has 156 valence electrons. The lowest BCUT2D eigenvalue weighted by Crippen LogP contribution is -2.29. The number of sulfonamides is 1. The van der Waals surface area contributed by atoms with Crippen LogP contribution in [0.3, 0.4) is 0 Å². The molecule has 0 saturated heterocycles. The van der Waals surface area contributed by atoms with Crippen molar-refractivity contribution in [3.05, 3.63) is 90.0 Å². The lowest BCUT2D eigenvalue weighted by atomic mass is 10.00. The van der Waals surface area contributed by atoms with Gasteiger partial charge in [0.15, 0.2) is 0 Å². The largest absolute Gasteiger partial charge is 0.492 e. The molecule has 0 aliphatic rings. The molecule has 0 aliphatic carbocycles. The molecule has 0 spiro atoms. The van der Waals surface area contributed by atoms with E-state index in [0.29, 0.717) is 18.0 Å². The Labute approximate surface area is 177 Å². The number of rotatable bonds is 8. The maximum absolute atomic E-state index is 13.2. The zero-order chi connectivity index (χ0) is 21.6. The first-order valence-electron chi connectivity index (χ1n) is 9.57. The normalized spacial score (nSPS) is 11.3. The summed E-state index contributed by atoms with van der Waals surface area (Å²) in [5.74, 6) is 0.0965. The monoisotopic (exact) mass is 424 g/mol. The van der Waals surface area contributed by atoms with Crippen LogP contribution in [-0.4, -0.2) is 20.9 Å². The third-order valence-corrected chi connectivity index (χ3v) is 5.83. The van der Waals surface area contributed by atoms with Crippen molar-refractivity contribution < 1.29 is 17.9 Å². The zero-order valence-electron chi connectivity index (χ0n) is 16.8. The fourth-order valence-corrected chi connectivity index (χ4v) is 4.33. The molecule has 2 N–H and O–H groups in total. The highest BCUT2D eigenvalue weighted by molar-refractivity contribution is 7.89. The summed E-state index contributed by atoms with van der Waals surface area (Å²) < 4.78 is 34.8. The number of hydrogen-bond donors (Lipinski definition) is 2. The number of ether oxygens (including phenoxy) is 1. The van der Waals surface area contributed by atoms with Crippen molar-refractivity contribution >= 4 is 21.6 Å². The summed E-state index contributed by atoms with van der Waals surface area (Å²) in [6.07, 6.45) is 0. The fourth-order valence-electron chi connectivity index (χ4n) is 3.09. The minimum Gasteiger partial charge on any atom is -0.492 e. The predicted molar refractivity (Wildman–Crippen MR) is 117 cm³/mol. The van der Waals surface area contributed by atoms with Crippen LogP contribution in [0, 0.1) is 0 Å². The molecule has 0 aliphatic heterocycles. The molecule has 0 saturated carbocycles. The molecule has 30 heavy (non-hydrogen) atoms. The maximum Gasteiger partial charge on any atom is 0.241 e. The first-order valence-corrected chi connectivity index (χ1v) is 11.1. The van der Waals surface area contributed by atoms with Gasteiger partial charge in [0.2, 0.25) is 15.9 Å². The number of anilines is 1. The van der Waals surface area contributed by atoms with Crippen molar-refractivity contribution in [3.63, 3.8) is 0 Å². The second-order valence-corrected chi connectivity index (χ2v) is 8.36. The SMILES string of the molecule is CCOc1ccc(S(=O)(=O)NC(c2ccccc2)c2ccccc2)cc1NC(C)=O. The summed E-state index contributed by atoms with van der Waals surface area (Å²) in [6, 6.07) is 22.6. The molecule has 0 unspecified atom stereocenters. The molecular formula is C23H24N2O4S. The molecule has 0 heterocycles. The number of carbonyl (C=O) groups excluding carboxylic acids is 1. The van der Waals surface area contributed by atoms with E-state index in [2.05, 4.69) is 10.0 Å². The number of hydrogen-bond acceptors (Lipinski definition) is 4. The molecule has 0 fully saturated rings. The Balaban J connectivity index is 2.00. The topological polar surface area (TPSA) is 84.5 Å². The average molecular weight is 425 g/mol. The lowest BCUT2D eigenvalue weighted by molar-refractivity contribution is -0.114. The van der Waals surface area contributed by atoms with E-state index in [1.807, 2.05) is 67.6 Å². The fraction of sp³-hybridized carbons (Fsp3) is 0.174. The van der Waals surface area contributed by atoms with Gasteiger partial charge in [-0.2, -0.15) is 4.72 Å². The van der Waals surface area contributed by atoms with Gasteiger partial charge in [-0.15, -0.1) is 0 Å². The molecule has 0 radical (unpaired) electrons. The standard InChI is InChI=1S/C23H24N2O4S/c1-3-29-22-15-14-20(16-21(22)24-17(2)26)30(27,28)25-23(18-10-6-4-7-11-18)19-12-8-5-9-13-19/h4-16,23,25H,3H2,1-2H3,(H,24,26). The summed E-state index contributed by atoms with van der Waals surface area (Å²) in [5.41, 5.74) is 1.95. The van der Waals surface area contributed by atoms with E-state index in [1.165, 1.54) is 19.1 Å². The molecule has 0 atom stereocenters. The van der Waals surface area contributed by atoms with Gasteiger partial charge in [-0.05, 0) is 36.2 Å². The van der Waals surface area contributed by atoms with Crippen molar-refractivity contribution in [2.75, 3.05) is 11.9 Å². The molecule has 3 aromatic carbocycles. The molecule has 7 heteroatoms. The van der Waals surface area contributed by atoms with Crippen LogP contribution in [0.1, 0.15) is 31.0 Å². The van der Waals surface area contributed by atoms with Crippen LogP contribution >= 0.6 is 0 Å². The van der Waals surface area contributed by atoms with Gasteiger partial charge in [-0.25, -0.2) is 8.42 Å². The Hall–Kier alpha value is -3.16. The third kappa shape index (κ3) is 5.25. The molecule has 3 aromatic rings. The second-order valence-electron chi connectivity index (χ2n) is 6.65. The molecule has 0 bridgehead atoms. The molecule has 6 nitrogen and oxygen atoms in total. The van der Waals surface area contributed by atoms with E-state index >= 15 is 0 Å². The van der Waals surface area contributed by atoms with Crippen molar-refractivity contribution in [3.8, 4) is 5.75 Å². The summed E-state index contributed by atoms with van der Waals surface area (Å²) in [5, 5.41) is 2.63. The number of nitrogens with one attached hydrogen (secondary N) is 2. The van der Waals surface area contributed by atoms with E-state index in [0.717, 1.165) is 11.1 Å². The minimum absolute atomic E-state index is 0.0339. The quantitative estimate of drug-likeness (QED) is 0.570. The number of carbonyl (C=O) groups is 1. The summed E-state index contributed by atoms with van der Waals surface area (Å²) in [7, 11) is -3.90. The number of benzene rings is 3. The van der Waals surface area contributed by atoms with Gasteiger partial charge in [0.05, 0.1) is 23.2 Å². The van der Waals surface area contributed by atoms with Gasteiger partial charge >= 0.3 is 0 Å². The van der Waals surface area contributed by atoms with E-state index in [9.17, 15) is 13.2 Å². The zero-order valence-corrected chi connectivity index (χ0v) is 17.6. The lowest BCUT2D eigenvalue weighted by Gasteiger charge is -2.20. The Morgan fingerprint density at radius 1 is 0.933 bits per heavy atom. The highest BCUT2D eigenvalue weighted by Crippen LogP contribution is 2.30. The first kappa shape index (κ1) is 21.5. The van der Waals surface area contributed by atoms with Crippen LogP contribution in [0.2, 0.25) is 0 Å². The number of amides is 1. The Bertz CT molecular complexity index is 1060. The van der Waals surface area contributed by atoms with Gasteiger partial charge in [0.1, 0.15) is 5.75 Å². The summed E-state index contributed by atoms with van der Waals surface area (Å²) >= 11 is 0. The van der Waals surface area contributed by atoms with Crippen molar-refractivity contribution in [1.29, 1.82) is 0 Å². The van der Waals surface area contributed by atoms with Crippen LogP contribution < -0.4 is 14.8 Å². The van der Waals surface area contributed by atoms with E-state index in [1.54, 1.807) is 6.07 Å². The Morgan fingerprint density at radius 2 is 1.50 bits per heavy atom. The summed E-state index contributed by atoms with van der Waals surface area (Å²) in [4.78, 5) is 11.6. The minimum atomic E-state index is -3.90. The van der Waals surface area contributed by atoms with Gasteiger partial charge in [-0.1, -0.05) is 60.7 Å². The molecular weight excluding hydrogens is 400 g/mol. The van der Waals surface area contributed by atoms with Crippen LogP contribution in [0.4, 0.5) is 5.69 Å². The highest BCUT2D eigenvalue weighted by atomic mass is 32.2. The van der Waals surface area contributed by atoms with Crippen molar-refractivity contribution in [1.82, 2.24) is 4.72 Å². The third-order valence-electron chi connectivity index (χ3n) is 4.41. The van der Waals surface area contributed by atoms with Gasteiger partial charge in [0, 0.05) is 6.92 Å². The van der Waals surface area contributed by atoms with Crippen LogP contribution in [0.5, 0.6) is 5.75 Å². The van der Waals surface area contributed by atoms with Gasteiger partial charge in [0.25, 0.3) is 0 Å². The highest BCUT2D eigenvalue weighted by Gasteiger charge is 2.24. The Kier molecular flexibility index (Phi) is 6.87. The smallest absolute Gasteiger partial charge is 0.241 e. The van der Waals surface area contributed by atoms with Crippen LogP contribution in [-0.2, 0) is 14.8 Å². The van der Waals surface area contributed by atoms with Gasteiger partial charge in [-0.3, -0.25) is 4.79 Å². The summed E-state index contributed by atoms with van der Waals surface area (Å²) in [6.45, 7) is 3.56. The molecule has 3 rings (SSSR count). The van der Waals surface area contributed by atoms with E-state index in [-0.39, 0.29) is 10.8 Å². The van der Waals surface area contributed by atoms with E-state index < -0.39 is 16.1 Å². The Morgan fingerprint density at radius 3 is 2.00 bits per heavy atom. The van der Waals surface area contributed by atoms with Crippen LogP contribution in [0.15, 0.2) is 83.8 Å². The van der Waals surface area contributed by atoms with Crippen molar-refractivity contribution in [2.24, 2.45) is 0 Å². The molecule has 1 amide bonds. The van der Waals surface area contributed by atoms with Gasteiger partial charge < -0.3 is 10.1 Å². The van der Waals surface area contributed by atoms with E-state index in [4.69, 9.17) is 4.74 Å².